The fraction of sp³-hybridized carbons (Fsp3) is 0.667. The van der Waals surface area contributed by atoms with Crippen molar-refractivity contribution in [2.45, 2.75) is 31.9 Å². The van der Waals surface area contributed by atoms with Crippen LogP contribution in [0.25, 0.3) is 0 Å². The van der Waals surface area contributed by atoms with Crippen LogP contribution in [0.5, 0.6) is 0 Å². The first-order valence-corrected chi connectivity index (χ1v) is 5.27. The molecule has 0 bridgehead atoms. The fourth-order valence-corrected chi connectivity index (χ4v) is 1.08. The van der Waals surface area contributed by atoms with Gasteiger partial charge in [0, 0.05) is 6.42 Å². The predicted octanol–water partition coefficient (Wildman–Crippen LogP) is -1.51. The molecule has 0 fully saturated rings. The molecule has 0 aromatic carbocycles. The number of rotatable bonds is 6. The van der Waals surface area contributed by atoms with Crippen molar-refractivity contribution in [3.05, 3.63) is 0 Å². The number of hydrogen-bond donors (Lipinski definition) is 4. The number of amides is 2. The number of carbonyl (C=O) groups is 3. The molecule has 0 aliphatic rings. The van der Waals surface area contributed by atoms with E-state index in [1.807, 2.05) is 12.2 Å². The van der Waals surface area contributed by atoms with Crippen LogP contribution in [0.3, 0.4) is 0 Å². The Bertz CT molecular complexity index is 321. The number of primary amides is 1. The highest BCUT2D eigenvalue weighted by atomic mass is 17.2. The second-order valence-corrected chi connectivity index (χ2v) is 3.49. The Morgan fingerprint density at radius 3 is 2.39 bits per heavy atom. The van der Waals surface area contributed by atoms with Crippen LogP contribution < -0.4 is 16.8 Å². The monoisotopic (exact) mass is 263 g/mol. The van der Waals surface area contributed by atoms with Gasteiger partial charge < -0.3 is 21.9 Å². The van der Waals surface area contributed by atoms with Crippen LogP contribution in [-0.4, -0.2) is 35.3 Å². The van der Waals surface area contributed by atoms with Crippen molar-refractivity contribution in [3.63, 3.8) is 0 Å². The Balaban J connectivity index is 4.66. The van der Waals surface area contributed by atoms with E-state index in [2.05, 4.69) is 15.5 Å². The summed E-state index contributed by atoms with van der Waals surface area (Å²) in [5, 5.41) is 11.9. The minimum absolute atomic E-state index is 0.115. The van der Waals surface area contributed by atoms with Gasteiger partial charge in [-0.05, 0) is 6.42 Å². The van der Waals surface area contributed by atoms with E-state index in [0.717, 1.165) is 0 Å². The molecule has 9 nitrogen and oxygen atoms in total. The quantitative estimate of drug-likeness (QED) is 0.258. The molecule has 18 heavy (non-hydrogen) atoms. The maximum atomic E-state index is 11.5. The zero-order valence-electron chi connectivity index (χ0n) is 9.97. The van der Waals surface area contributed by atoms with Crippen molar-refractivity contribution in [3.8, 4) is 0 Å². The SMILES string of the molecule is CCCCC(O)(NC(=O)CN)C(=O)OOC(N)=O. The lowest BCUT2D eigenvalue weighted by atomic mass is 10.1. The van der Waals surface area contributed by atoms with Crippen LogP contribution in [0, 0.1) is 0 Å². The Hall–Kier alpha value is -1.87. The summed E-state index contributed by atoms with van der Waals surface area (Å²) in [6.07, 6.45) is -0.389. The molecule has 0 aliphatic carbocycles. The summed E-state index contributed by atoms with van der Waals surface area (Å²) < 4.78 is 0. The molecule has 0 aromatic heterocycles. The van der Waals surface area contributed by atoms with Gasteiger partial charge >= 0.3 is 12.1 Å². The molecule has 0 heterocycles. The molecule has 0 spiro atoms. The summed E-state index contributed by atoms with van der Waals surface area (Å²) in [5.41, 5.74) is 7.33. The van der Waals surface area contributed by atoms with E-state index >= 15 is 0 Å². The van der Waals surface area contributed by atoms with Gasteiger partial charge in [0.05, 0.1) is 6.54 Å². The van der Waals surface area contributed by atoms with Crippen molar-refractivity contribution in [1.82, 2.24) is 5.32 Å². The first-order chi connectivity index (χ1) is 8.35. The molecule has 1 atom stereocenters. The van der Waals surface area contributed by atoms with E-state index in [1.165, 1.54) is 0 Å². The Morgan fingerprint density at radius 2 is 1.94 bits per heavy atom. The van der Waals surface area contributed by atoms with Crippen molar-refractivity contribution >= 4 is 18.0 Å². The second-order valence-electron chi connectivity index (χ2n) is 3.49. The standard InChI is InChI=1S/C9H17N3O6/c1-2-3-4-9(16,12-6(13)5-10)7(14)17-18-8(11)15/h16H,2-5,10H2,1H3,(H2,11,15)(H,12,13). The van der Waals surface area contributed by atoms with Crippen LogP contribution in [0.2, 0.25) is 0 Å². The number of nitrogens with one attached hydrogen (secondary N) is 1. The summed E-state index contributed by atoms with van der Waals surface area (Å²) in [7, 11) is 0. The molecule has 9 heteroatoms. The van der Waals surface area contributed by atoms with Gasteiger partial charge in [0.1, 0.15) is 0 Å². The highest BCUT2D eigenvalue weighted by molar-refractivity contribution is 5.87. The van der Waals surface area contributed by atoms with Crippen LogP contribution in [-0.2, 0) is 19.4 Å². The molecule has 104 valence electrons. The van der Waals surface area contributed by atoms with Crippen LogP contribution in [0.15, 0.2) is 0 Å². The highest BCUT2D eigenvalue weighted by Crippen LogP contribution is 2.13. The van der Waals surface area contributed by atoms with Crippen LogP contribution in [0.1, 0.15) is 26.2 Å². The van der Waals surface area contributed by atoms with Gasteiger partial charge in [0.25, 0.3) is 0 Å². The first kappa shape index (κ1) is 16.1. The Morgan fingerprint density at radius 1 is 1.33 bits per heavy atom. The van der Waals surface area contributed by atoms with Gasteiger partial charge in [-0.1, -0.05) is 13.3 Å². The van der Waals surface area contributed by atoms with E-state index in [9.17, 15) is 19.5 Å². The van der Waals surface area contributed by atoms with Crippen molar-refractivity contribution in [2.75, 3.05) is 6.54 Å². The molecule has 0 aromatic rings. The summed E-state index contributed by atoms with van der Waals surface area (Å²) >= 11 is 0. The van der Waals surface area contributed by atoms with Crippen molar-refractivity contribution < 1.29 is 29.3 Å². The maximum Gasteiger partial charge on any atom is 0.447 e. The molecule has 0 aliphatic heterocycles. The molecule has 6 N–H and O–H groups in total. The van der Waals surface area contributed by atoms with Gasteiger partial charge in [-0.15, -0.1) is 0 Å². The highest BCUT2D eigenvalue weighted by Gasteiger charge is 2.40. The topological polar surface area (TPSA) is 154 Å². The van der Waals surface area contributed by atoms with E-state index in [0.29, 0.717) is 12.8 Å². The number of unbranched alkanes of at least 4 members (excludes halogenated alkanes) is 1. The largest absolute Gasteiger partial charge is 0.447 e. The summed E-state index contributed by atoms with van der Waals surface area (Å²) in [4.78, 5) is 40.6. The molecule has 0 rings (SSSR count). The Labute approximate surface area is 103 Å². The van der Waals surface area contributed by atoms with Crippen molar-refractivity contribution in [1.29, 1.82) is 0 Å². The van der Waals surface area contributed by atoms with Gasteiger partial charge in [-0.25, -0.2) is 19.4 Å². The number of hydrogen-bond acceptors (Lipinski definition) is 7. The van der Waals surface area contributed by atoms with Crippen LogP contribution >= 0.6 is 0 Å². The third-order valence-corrected chi connectivity index (χ3v) is 1.96. The molecule has 2 amide bonds. The third kappa shape index (κ3) is 5.46. The number of nitrogens with two attached hydrogens (primary N) is 2. The van der Waals surface area contributed by atoms with Gasteiger partial charge in [-0.2, -0.15) is 0 Å². The first-order valence-electron chi connectivity index (χ1n) is 5.27. The van der Waals surface area contributed by atoms with E-state index in [1.54, 1.807) is 0 Å². The normalized spacial score (nSPS) is 13.3. The lowest BCUT2D eigenvalue weighted by Crippen LogP contribution is -2.56. The molecule has 0 saturated heterocycles. The lowest BCUT2D eigenvalue weighted by molar-refractivity contribution is -0.250. The maximum absolute atomic E-state index is 11.5. The van der Waals surface area contributed by atoms with Gasteiger partial charge in [0.2, 0.25) is 11.6 Å². The van der Waals surface area contributed by atoms with Gasteiger partial charge in [-0.3, -0.25) is 4.79 Å². The van der Waals surface area contributed by atoms with E-state index < -0.39 is 30.2 Å². The van der Waals surface area contributed by atoms with Crippen LogP contribution in [0.4, 0.5) is 4.79 Å². The average Bonchev–Trinajstić information content (AvgIpc) is 2.33. The number of aliphatic hydroxyl groups is 1. The third-order valence-electron chi connectivity index (χ3n) is 1.96. The zero-order valence-corrected chi connectivity index (χ0v) is 9.97. The minimum Gasteiger partial charge on any atom is -0.362 e. The fourth-order valence-electron chi connectivity index (χ4n) is 1.08. The zero-order chi connectivity index (χ0) is 14.2. The second kappa shape index (κ2) is 7.45. The average molecular weight is 263 g/mol. The Kier molecular flexibility index (Phi) is 6.68. The van der Waals surface area contributed by atoms with Crippen molar-refractivity contribution in [2.24, 2.45) is 11.5 Å². The number of carbonyl (C=O) groups excluding carboxylic acids is 3. The molecule has 0 radical (unpaired) electrons. The molecular weight excluding hydrogens is 246 g/mol. The van der Waals surface area contributed by atoms with Gasteiger partial charge in [0.15, 0.2) is 0 Å². The van der Waals surface area contributed by atoms with E-state index in [-0.39, 0.29) is 6.42 Å². The predicted molar refractivity (Wildman–Crippen MR) is 58.4 cm³/mol. The summed E-state index contributed by atoms with van der Waals surface area (Å²) in [5.74, 6) is -2.11. The minimum atomic E-state index is -2.30. The lowest BCUT2D eigenvalue weighted by Gasteiger charge is -2.25. The molecule has 1 unspecified atom stereocenters. The molecule has 0 saturated carbocycles. The van der Waals surface area contributed by atoms with E-state index in [4.69, 9.17) is 5.73 Å². The summed E-state index contributed by atoms with van der Waals surface area (Å²) in [6, 6.07) is 0. The summed E-state index contributed by atoms with van der Waals surface area (Å²) in [6.45, 7) is 1.40. The smallest absolute Gasteiger partial charge is 0.362 e. The molecular formula is C9H17N3O6.